The molecule has 156 valence electrons. The largest absolute Gasteiger partial charge is 0.366 e. The zero-order valence-corrected chi connectivity index (χ0v) is 17.1. The van der Waals surface area contributed by atoms with Crippen LogP contribution in [0.3, 0.4) is 0 Å². The summed E-state index contributed by atoms with van der Waals surface area (Å²) in [6.07, 6.45) is 5.27. The number of nitrogens with two attached hydrogens (primary N) is 1. The van der Waals surface area contributed by atoms with Gasteiger partial charge in [-0.05, 0) is 43.4 Å². The van der Waals surface area contributed by atoms with Crippen LogP contribution in [0.2, 0.25) is 0 Å². The quantitative estimate of drug-likeness (QED) is 0.473. The second-order valence-electron chi connectivity index (χ2n) is 7.80. The van der Waals surface area contributed by atoms with Crippen molar-refractivity contribution >= 4 is 22.6 Å². The average Bonchev–Trinajstić information content (AvgIpc) is 3.08. The maximum Gasteiger partial charge on any atom is 0.251 e. The summed E-state index contributed by atoms with van der Waals surface area (Å²) in [4.78, 5) is 21.5. The van der Waals surface area contributed by atoms with Gasteiger partial charge < -0.3 is 15.6 Å². The van der Waals surface area contributed by atoms with E-state index >= 15 is 0 Å². The Bertz CT molecular complexity index is 1250. The fourth-order valence-corrected chi connectivity index (χ4v) is 4.13. The highest BCUT2D eigenvalue weighted by molar-refractivity contribution is 6.07. The van der Waals surface area contributed by atoms with Crippen molar-refractivity contribution in [2.75, 3.05) is 5.32 Å². The normalized spacial score (nSPS) is 13.5. The van der Waals surface area contributed by atoms with Crippen LogP contribution in [0.1, 0.15) is 46.4 Å². The number of nitrogens with one attached hydrogen (secondary N) is 1. The van der Waals surface area contributed by atoms with Gasteiger partial charge in [-0.1, -0.05) is 48.0 Å². The molecule has 1 amide bonds. The van der Waals surface area contributed by atoms with Crippen LogP contribution < -0.4 is 11.1 Å². The van der Waals surface area contributed by atoms with Crippen LogP contribution in [0, 0.1) is 0 Å². The minimum absolute atomic E-state index is 0.324. The second kappa shape index (κ2) is 8.18. The van der Waals surface area contributed by atoms with Gasteiger partial charge in [0.25, 0.3) is 5.91 Å². The third-order valence-corrected chi connectivity index (χ3v) is 5.71. The standard InChI is InChI=1S/C24H23N5O2/c25-22(30)18-12-7-11-17-20(18)29-31-21(17)24-27-19-13-6-2-5-10-16(19)23(28-24)26-14-15-8-3-1-4-9-15/h1,3-4,7-9,11-12H,2,5-6,10,13-14H2,(H2,25,30)(H,26,27,28). The Labute approximate surface area is 179 Å². The highest BCUT2D eigenvalue weighted by Crippen LogP contribution is 2.32. The fourth-order valence-electron chi connectivity index (χ4n) is 4.13. The van der Waals surface area contributed by atoms with Crippen molar-refractivity contribution in [3.05, 3.63) is 70.9 Å². The van der Waals surface area contributed by atoms with Crippen LogP contribution in [0.15, 0.2) is 53.1 Å². The summed E-state index contributed by atoms with van der Waals surface area (Å²) >= 11 is 0. The Morgan fingerprint density at radius 2 is 1.84 bits per heavy atom. The maximum absolute atomic E-state index is 11.8. The van der Waals surface area contributed by atoms with E-state index in [1.807, 2.05) is 24.3 Å². The van der Waals surface area contributed by atoms with E-state index in [9.17, 15) is 4.79 Å². The molecule has 31 heavy (non-hydrogen) atoms. The number of carbonyl (C=O) groups excluding carboxylic acids is 1. The molecule has 0 saturated carbocycles. The highest BCUT2D eigenvalue weighted by Gasteiger charge is 2.22. The molecule has 2 aromatic heterocycles. The first-order chi connectivity index (χ1) is 15.2. The predicted octanol–water partition coefficient (Wildman–Crippen LogP) is 4.26. The number of nitrogens with zero attached hydrogens (tertiary/aromatic N) is 3. The van der Waals surface area contributed by atoms with E-state index in [0.717, 1.165) is 37.2 Å². The number of fused-ring (bicyclic) bond motifs is 2. The number of primary amides is 1. The number of rotatable bonds is 5. The summed E-state index contributed by atoms with van der Waals surface area (Å²) < 4.78 is 5.62. The van der Waals surface area contributed by atoms with Gasteiger partial charge in [-0.25, -0.2) is 9.97 Å². The van der Waals surface area contributed by atoms with Crippen molar-refractivity contribution in [2.45, 2.75) is 38.6 Å². The van der Waals surface area contributed by atoms with Gasteiger partial charge in [-0.2, -0.15) is 0 Å². The number of hydrogen-bond acceptors (Lipinski definition) is 6. The molecule has 0 saturated heterocycles. The first kappa shape index (κ1) is 19.2. The number of aromatic nitrogens is 3. The topological polar surface area (TPSA) is 107 Å². The van der Waals surface area contributed by atoms with E-state index in [-0.39, 0.29) is 0 Å². The van der Waals surface area contributed by atoms with E-state index in [2.05, 4.69) is 22.6 Å². The molecule has 3 N–H and O–H groups in total. The molecule has 2 heterocycles. The van der Waals surface area contributed by atoms with Crippen molar-refractivity contribution < 1.29 is 9.32 Å². The Morgan fingerprint density at radius 1 is 1.00 bits per heavy atom. The Morgan fingerprint density at radius 3 is 2.68 bits per heavy atom. The molecule has 0 aliphatic heterocycles. The molecule has 0 fully saturated rings. The van der Waals surface area contributed by atoms with Gasteiger partial charge in [0.2, 0.25) is 11.6 Å². The molecule has 1 aliphatic rings. The van der Waals surface area contributed by atoms with Crippen LogP contribution >= 0.6 is 0 Å². The van der Waals surface area contributed by atoms with E-state index in [1.165, 1.54) is 17.5 Å². The van der Waals surface area contributed by atoms with Gasteiger partial charge in [0.15, 0.2) is 0 Å². The first-order valence-corrected chi connectivity index (χ1v) is 10.6. The van der Waals surface area contributed by atoms with Crippen LogP contribution in [0.5, 0.6) is 0 Å². The van der Waals surface area contributed by atoms with Crippen LogP contribution in [-0.4, -0.2) is 21.0 Å². The summed E-state index contributed by atoms with van der Waals surface area (Å²) in [5.74, 6) is 1.22. The van der Waals surface area contributed by atoms with Gasteiger partial charge in [-0.3, -0.25) is 4.79 Å². The number of aryl methyl sites for hydroxylation is 1. The summed E-state index contributed by atoms with van der Waals surface area (Å²) in [6.45, 7) is 0.673. The molecule has 0 bridgehead atoms. The van der Waals surface area contributed by atoms with Gasteiger partial charge in [0, 0.05) is 17.8 Å². The number of carbonyl (C=O) groups is 1. The van der Waals surface area contributed by atoms with Gasteiger partial charge in [-0.15, -0.1) is 0 Å². The van der Waals surface area contributed by atoms with Crippen molar-refractivity contribution in [1.29, 1.82) is 0 Å². The van der Waals surface area contributed by atoms with Crippen molar-refractivity contribution in [3.63, 3.8) is 0 Å². The lowest BCUT2D eigenvalue weighted by atomic mass is 10.1. The Hall–Kier alpha value is -3.74. The fraction of sp³-hybridized carbons (Fsp3) is 0.250. The number of anilines is 1. The lowest BCUT2D eigenvalue weighted by molar-refractivity contribution is 0.100. The second-order valence-corrected chi connectivity index (χ2v) is 7.80. The molecule has 4 aromatic rings. The molecular formula is C24H23N5O2. The molecule has 2 aromatic carbocycles. The Balaban J connectivity index is 1.59. The minimum Gasteiger partial charge on any atom is -0.366 e. The van der Waals surface area contributed by atoms with E-state index in [4.69, 9.17) is 20.2 Å². The average molecular weight is 413 g/mol. The van der Waals surface area contributed by atoms with Crippen molar-refractivity contribution in [1.82, 2.24) is 15.1 Å². The number of amides is 1. The molecule has 1 aliphatic carbocycles. The third-order valence-electron chi connectivity index (χ3n) is 5.71. The molecule has 0 spiro atoms. The summed E-state index contributed by atoms with van der Waals surface area (Å²) in [5.41, 5.74) is 9.66. The third kappa shape index (κ3) is 3.74. The molecule has 7 nitrogen and oxygen atoms in total. The Kier molecular flexibility index (Phi) is 5.08. The summed E-state index contributed by atoms with van der Waals surface area (Å²) in [5, 5.41) is 8.28. The highest BCUT2D eigenvalue weighted by atomic mass is 16.5. The van der Waals surface area contributed by atoms with Gasteiger partial charge in [0.05, 0.1) is 10.9 Å². The summed E-state index contributed by atoms with van der Waals surface area (Å²) in [6, 6.07) is 15.5. The first-order valence-electron chi connectivity index (χ1n) is 10.6. The minimum atomic E-state index is -0.543. The maximum atomic E-state index is 11.8. The molecule has 0 unspecified atom stereocenters. The lowest BCUT2D eigenvalue weighted by Gasteiger charge is -2.14. The number of benzene rings is 2. The van der Waals surface area contributed by atoms with Gasteiger partial charge >= 0.3 is 0 Å². The van der Waals surface area contributed by atoms with Crippen LogP contribution in [0.25, 0.3) is 22.5 Å². The van der Waals surface area contributed by atoms with E-state index < -0.39 is 5.91 Å². The predicted molar refractivity (Wildman–Crippen MR) is 119 cm³/mol. The molecular weight excluding hydrogens is 390 g/mol. The van der Waals surface area contributed by atoms with E-state index in [0.29, 0.717) is 34.6 Å². The molecule has 0 radical (unpaired) electrons. The van der Waals surface area contributed by atoms with Gasteiger partial charge in [0.1, 0.15) is 11.3 Å². The number of hydrogen-bond donors (Lipinski definition) is 2. The molecule has 0 atom stereocenters. The lowest BCUT2D eigenvalue weighted by Crippen LogP contribution is -2.11. The SMILES string of the molecule is NC(=O)c1cccc2c(-c3nc4c(c(NCc5ccccc5)n3)CCCCC4)onc12. The molecule has 5 rings (SSSR count). The smallest absolute Gasteiger partial charge is 0.251 e. The van der Waals surface area contributed by atoms with Crippen LogP contribution in [0.4, 0.5) is 5.82 Å². The zero-order chi connectivity index (χ0) is 21.2. The van der Waals surface area contributed by atoms with Crippen LogP contribution in [-0.2, 0) is 19.4 Å². The van der Waals surface area contributed by atoms with Crippen molar-refractivity contribution in [2.24, 2.45) is 5.73 Å². The monoisotopic (exact) mass is 413 g/mol. The van der Waals surface area contributed by atoms with E-state index in [1.54, 1.807) is 12.1 Å². The van der Waals surface area contributed by atoms with Crippen molar-refractivity contribution in [3.8, 4) is 11.6 Å². The summed E-state index contributed by atoms with van der Waals surface area (Å²) in [7, 11) is 0. The molecule has 7 heteroatoms. The zero-order valence-electron chi connectivity index (χ0n) is 17.1.